The first kappa shape index (κ1) is 15.4. The fraction of sp³-hybridized carbons (Fsp3) is 0.538. The summed E-state index contributed by atoms with van der Waals surface area (Å²) in [5, 5.41) is 13.0. The highest BCUT2D eigenvalue weighted by Gasteiger charge is 2.33. The molecule has 5 nitrogen and oxygen atoms in total. The van der Waals surface area contributed by atoms with Crippen LogP contribution in [0.5, 0.6) is 0 Å². The van der Waals surface area contributed by atoms with Gasteiger partial charge in [-0.2, -0.15) is 23.4 Å². The average Bonchev–Trinajstić information content (AvgIpc) is 3.00. The lowest BCUT2D eigenvalue weighted by Gasteiger charge is -2.02. The molecular weight excluding hydrogens is 283 g/mol. The molecule has 0 atom stereocenters. The van der Waals surface area contributed by atoms with Crippen molar-refractivity contribution in [1.29, 1.82) is 0 Å². The molecule has 21 heavy (non-hydrogen) atoms. The third-order valence-corrected chi connectivity index (χ3v) is 3.09. The van der Waals surface area contributed by atoms with Gasteiger partial charge in [0.25, 0.3) is 0 Å². The summed E-state index contributed by atoms with van der Waals surface area (Å²) >= 11 is 0. The molecule has 2 heterocycles. The number of rotatable bonds is 6. The van der Waals surface area contributed by atoms with Crippen molar-refractivity contribution in [2.24, 2.45) is 0 Å². The number of aryl methyl sites for hydroxylation is 2. The first-order chi connectivity index (χ1) is 9.90. The highest BCUT2D eigenvalue weighted by atomic mass is 19.4. The van der Waals surface area contributed by atoms with Gasteiger partial charge in [0.2, 0.25) is 0 Å². The molecule has 2 N–H and O–H groups in total. The Morgan fingerprint density at radius 2 is 2.10 bits per heavy atom. The molecule has 0 saturated heterocycles. The van der Waals surface area contributed by atoms with Crippen LogP contribution in [0.4, 0.5) is 19.0 Å². The Morgan fingerprint density at radius 1 is 1.33 bits per heavy atom. The van der Waals surface area contributed by atoms with Crippen LogP contribution in [0.25, 0.3) is 0 Å². The summed E-state index contributed by atoms with van der Waals surface area (Å²) in [6, 6.07) is 2.87. The predicted octanol–water partition coefficient (Wildman–Crippen LogP) is 3.35. The van der Waals surface area contributed by atoms with E-state index in [0.717, 1.165) is 31.1 Å². The number of anilines is 1. The number of unbranched alkanes of at least 4 members (excludes halogenated alkanes) is 1. The molecule has 0 unspecified atom stereocenters. The third-order valence-electron chi connectivity index (χ3n) is 3.09. The maximum Gasteiger partial charge on any atom is 0.435 e. The molecule has 2 aromatic rings. The van der Waals surface area contributed by atoms with Gasteiger partial charge in [-0.25, -0.2) is 0 Å². The van der Waals surface area contributed by atoms with E-state index in [1.165, 1.54) is 0 Å². The number of alkyl halides is 3. The van der Waals surface area contributed by atoms with Crippen LogP contribution in [0.1, 0.15) is 36.8 Å². The minimum absolute atomic E-state index is 0.216. The quantitative estimate of drug-likeness (QED) is 0.860. The Labute approximate surface area is 120 Å². The maximum absolute atomic E-state index is 12.4. The number of hydrogen-bond acceptors (Lipinski definition) is 3. The molecule has 0 spiro atoms. The Hall–Kier alpha value is -1.99. The number of H-pyrrole nitrogens is 1. The van der Waals surface area contributed by atoms with Crippen molar-refractivity contribution in [3.8, 4) is 0 Å². The van der Waals surface area contributed by atoms with Crippen molar-refractivity contribution in [2.75, 3.05) is 5.32 Å². The van der Waals surface area contributed by atoms with Crippen molar-refractivity contribution >= 4 is 5.82 Å². The average molecular weight is 301 g/mol. The molecule has 0 aliphatic rings. The van der Waals surface area contributed by atoms with E-state index in [1.807, 2.05) is 17.7 Å². The summed E-state index contributed by atoms with van der Waals surface area (Å²) in [6.07, 6.45) is -2.30. The van der Waals surface area contributed by atoms with Gasteiger partial charge in [0, 0.05) is 18.3 Å². The molecule has 0 radical (unpaired) electrons. The largest absolute Gasteiger partial charge is 0.435 e. The van der Waals surface area contributed by atoms with Gasteiger partial charge in [-0.1, -0.05) is 13.3 Å². The van der Waals surface area contributed by atoms with Gasteiger partial charge in [-0.15, -0.1) is 0 Å². The van der Waals surface area contributed by atoms with Gasteiger partial charge in [-0.3, -0.25) is 9.78 Å². The van der Waals surface area contributed by atoms with Crippen LogP contribution in [-0.4, -0.2) is 20.0 Å². The SMILES string of the molecule is CCCCn1nc(NCc2cc(C(F)(F)F)n[nH]2)cc1C. The number of aromatic amines is 1. The van der Waals surface area contributed by atoms with E-state index >= 15 is 0 Å². The normalized spacial score (nSPS) is 11.9. The number of halogens is 3. The Morgan fingerprint density at radius 3 is 2.71 bits per heavy atom. The predicted molar refractivity (Wildman–Crippen MR) is 72.8 cm³/mol. The fourth-order valence-electron chi connectivity index (χ4n) is 1.91. The lowest BCUT2D eigenvalue weighted by Crippen LogP contribution is -2.05. The minimum Gasteiger partial charge on any atom is -0.363 e. The second kappa shape index (κ2) is 6.19. The van der Waals surface area contributed by atoms with Gasteiger partial charge in [0.1, 0.15) is 5.82 Å². The molecule has 0 saturated carbocycles. The smallest absolute Gasteiger partial charge is 0.363 e. The van der Waals surface area contributed by atoms with Crippen molar-refractivity contribution in [3.63, 3.8) is 0 Å². The van der Waals surface area contributed by atoms with E-state index in [1.54, 1.807) is 0 Å². The van der Waals surface area contributed by atoms with Gasteiger partial charge in [0.05, 0.1) is 12.2 Å². The summed E-state index contributed by atoms with van der Waals surface area (Å²) in [5.41, 5.74) is 0.471. The molecule has 0 fully saturated rings. The number of nitrogens with one attached hydrogen (secondary N) is 2. The van der Waals surface area contributed by atoms with Crippen molar-refractivity contribution in [2.45, 2.75) is 46.0 Å². The number of nitrogens with zero attached hydrogens (tertiary/aromatic N) is 3. The van der Waals surface area contributed by atoms with E-state index < -0.39 is 11.9 Å². The number of aromatic nitrogens is 4. The van der Waals surface area contributed by atoms with Crippen molar-refractivity contribution < 1.29 is 13.2 Å². The second-order valence-corrected chi connectivity index (χ2v) is 4.88. The zero-order chi connectivity index (χ0) is 15.5. The zero-order valence-electron chi connectivity index (χ0n) is 12.0. The van der Waals surface area contributed by atoms with E-state index in [2.05, 4.69) is 27.5 Å². The molecule has 0 amide bonds. The van der Waals surface area contributed by atoms with E-state index in [0.29, 0.717) is 11.5 Å². The molecule has 0 aliphatic heterocycles. The zero-order valence-corrected chi connectivity index (χ0v) is 12.0. The van der Waals surface area contributed by atoms with E-state index in [-0.39, 0.29) is 6.54 Å². The summed E-state index contributed by atoms with van der Waals surface area (Å²) in [5.74, 6) is 0.645. The van der Waals surface area contributed by atoms with Crippen molar-refractivity contribution in [1.82, 2.24) is 20.0 Å². The maximum atomic E-state index is 12.4. The lowest BCUT2D eigenvalue weighted by atomic mass is 10.3. The summed E-state index contributed by atoms with van der Waals surface area (Å²) in [6.45, 7) is 5.11. The Kier molecular flexibility index (Phi) is 4.54. The third kappa shape index (κ3) is 3.99. The van der Waals surface area contributed by atoms with Gasteiger partial charge >= 0.3 is 6.18 Å². The van der Waals surface area contributed by atoms with Crippen LogP contribution in [-0.2, 0) is 19.3 Å². The first-order valence-corrected chi connectivity index (χ1v) is 6.80. The van der Waals surface area contributed by atoms with Gasteiger partial charge in [0.15, 0.2) is 5.69 Å². The Balaban J connectivity index is 1.95. The standard InChI is InChI=1S/C13H18F3N5/c1-3-4-5-21-9(2)6-12(20-21)17-8-10-7-11(19-18-10)13(14,15)16/h6-7H,3-5,8H2,1-2H3,(H,17,20)(H,18,19). The van der Waals surface area contributed by atoms with E-state index in [9.17, 15) is 13.2 Å². The summed E-state index contributed by atoms with van der Waals surface area (Å²) in [4.78, 5) is 0. The van der Waals surface area contributed by atoms with Crippen LogP contribution in [0.3, 0.4) is 0 Å². The molecule has 0 aliphatic carbocycles. The molecule has 8 heteroatoms. The molecule has 116 valence electrons. The molecular formula is C13H18F3N5. The summed E-state index contributed by atoms with van der Waals surface area (Å²) < 4.78 is 39.2. The topological polar surface area (TPSA) is 58.5 Å². The first-order valence-electron chi connectivity index (χ1n) is 6.80. The van der Waals surface area contributed by atoms with E-state index in [4.69, 9.17) is 0 Å². The van der Waals surface area contributed by atoms with Crippen LogP contribution in [0.2, 0.25) is 0 Å². The Bertz CT molecular complexity index is 585. The molecule has 2 aromatic heterocycles. The van der Waals surface area contributed by atoms with Crippen LogP contribution >= 0.6 is 0 Å². The van der Waals surface area contributed by atoms with Crippen LogP contribution < -0.4 is 5.32 Å². The molecule has 2 rings (SSSR count). The van der Waals surface area contributed by atoms with Crippen LogP contribution in [0.15, 0.2) is 12.1 Å². The van der Waals surface area contributed by atoms with Crippen molar-refractivity contribution in [3.05, 3.63) is 29.2 Å². The highest BCUT2D eigenvalue weighted by molar-refractivity contribution is 5.36. The molecule has 0 bridgehead atoms. The lowest BCUT2D eigenvalue weighted by molar-refractivity contribution is -0.141. The number of hydrogen-bond donors (Lipinski definition) is 2. The minimum atomic E-state index is -4.42. The van der Waals surface area contributed by atoms with Gasteiger partial charge < -0.3 is 5.32 Å². The highest BCUT2D eigenvalue weighted by Crippen LogP contribution is 2.27. The van der Waals surface area contributed by atoms with Gasteiger partial charge in [-0.05, 0) is 19.4 Å². The summed E-state index contributed by atoms with van der Waals surface area (Å²) in [7, 11) is 0. The molecule has 0 aromatic carbocycles. The fourth-order valence-corrected chi connectivity index (χ4v) is 1.91. The monoisotopic (exact) mass is 301 g/mol. The van der Waals surface area contributed by atoms with Crippen LogP contribution in [0, 0.1) is 6.92 Å². The second-order valence-electron chi connectivity index (χ2n) is 4.88.